The lowest BCUT2D eigenvalue weighted by Crippen LogP contribution is -2.49. The Morgan fingerprint density at radius 3 is 2.56 bits per heavy atom. The summed E-state index contributed by atoms with van der Waals surface area (Å²) in [5.74, 6) is 0.150. The summed E-state index contributed by atoms with van der Waals surface area (Å²) in [6.07, 6.45) is 2.99. The van der Waals surface area contributed by atoms with Gasteiger partial charge in [-0.1, -0.05) is 29.8 Å². The van der Waals surface area contributed by atoms with E-state index in [-0.39, 0.29) is 5.91 Å². The number of likely N-dealkylation sites (tertiary alicyclic amines) is 1. The van der Waals surface area contributed by atoms with Gasteiger partial charge in [-0.15, -0.1) is 11.3 Å². The van der Waals surface area contributed by atoms with E-state index in [0.717, 1.165) is 43.4 Å². The van der Waals surface area contributed by atoms with Crippen LogP contribution in [0.15, 0.2) is 29.6 Å². The first-order valence-electron chi connectivity index (χ1n) is 9.62. The van der Waals surface area contributed by atoms with Crippen molar-refractivity contribution in [1.82, 2.24) is 14.8 Å². The number of amides is 1. The highest BCUT2D eigenvalue weighted by Crippen LogP contribution is 2.24. The zero-order chi connectivity index (χ0) is 18.6. The largest absolute Gasteiger partial charge is 0.345 e. The number of halogens is 1. The van der Waals surface area contributed by atoms with Gasteiger partial charge in [-0.25, -0.2) is 4.98 Å². The number of nitrogens with zero attached hydrogens (tertiary/aromatic N) is 4. The molecule has 2 aliphatic heterocycles. The Morgan fingerprint density at radius 1 is 1.07 bits per heavy atom. The third-order valence-corrected chi connectivity index (χ3v) is 6.65. The fraction of sp³-hybridized carbons (Fsp3) is 0.500. The second kappa shape index (κ2) is 8.59. The van der Waals surface area contributed by atoms with Crippen LogP contribution in [-0.2, 0) is 17.8 Å². The summed E-state index contributed by atoms with van der Waals surface area (Å²) in [7, 11) is 0. The van der Waals surface area contributed by atoms with Gasteiger partial charge >= 0.3 is 0 Å². The van der Waals surface area contributed by atoms with E-state index in [1.54, 1.807) is 11.3 Å². The van der Waals surface area contributed by atoms with Crippen LogP contribution >= 0.6 is 22.9 Å². The molecule has 0 unspecified atom stereocenters. The highest BCUT2D eigenvalue weighted by molar-refractivity contribution is 7.13. The van der Waals surface area contributed by atoms with E-state index < -0.39 is 0 Å². The Morgan fingerprint density at radius 2 is 1.81 bits per heavy atom. The zero-order valence-electron chi connectivity index (χ0n) is 15.4. The summed E-state index contributed by atoms with van der Waals surface area (Å²) < 4.78 is 0. The molecule has 144 valence electrons. The van der Waals surface area contributed by atoms with Crippen molar-refractivity contribution in [3.8, 4) is 0 Å². The third-order valence-electron chi connectivity index (χ3n) is 5.33. The van der Waals surface area contributed by atoms with Crippen molar-refractivity contribution in [3.05, 3.63) is 45.9 Å². The number of carbonyl (C=O) groups excluding carboxylic acids is 1. The molecule has 5 nitrogen and oxygen atoms in total. The first kappa shape index (κ1) is 18.7. The topological polar surface area (TPSA) is 39.7 Å². The lowest BCUT2D eigenvalue weighted by atomic mass is 10.1. The minimum absolute atomic E-state index is 0.150. The van der Waals surface area contributed by atoms with Gasteiger partial charge in [-0.05, 0) is 37.6 Å². The number of carbonyl (C=O) groups is 1. The van der Waals surface area contributed by atoms with Crippen LogP contribution in [0.5, 0.6) is 0 Å². The van der Waals surface area contributed by atoms with E-state index in [0.29, 0.717) is 11.4 Å². The molecule has 3 heterocycles. The average Bonchev–Trinajstić information content (AvgIpc) is 3.36. The maximum Gasteiger partial charge on any atom is 0.227 e. The molecule has 4 rings (SSSR count). The van der Waals surface area contributed by atoms with Gasteiger partial charge in [0.2, 0.25) is 5.91 Å². The molecule has 1 aromatic carbocycles. The molecule has 0 aliphatic carbocycles. The maximum atomic E-state index is 12.6. The SMILES string of the molecule is O=C(Cc1ccccc1Cl)N1CCN(c2nc(CN3CCCC3)cs2)CC1. The summed E-state index contributed by atoms with van der Waals surface area (Å²) in [6.45, 7) is 6.51. The molecule has 1 aromatic heterocycles. The lowest BCUT2D eigenvalue weighted by molar-refractivity contribution is -0.130. The molecule has 1 amide bonds. The van der Waals surface area contributed by atoms with Crippen molar-refractivity contribution in [1.29, 1.82) is 0 Å². The summed E-state index contributed by atoms with van der Waals surface area (Å²) in [5, 5.41) is 3.93. The number of aromatic nitrogens is 1. The smallest absolute Gasteiger partial charge is 0.227 e. The number of benzene rings is 1. The van der Waals surface area contributed by atoms with E-state index in [2.05, 4.69) is 15.2 Å². The number of hydrogen-bond donors (Lipinski definition) is 0. The van der Waals surface area contributed by atoms with Crippen molar-refractivity contribution in [3.63, 3.8) is 0 Å². The van der Waals surface area contributed by atoms with Gasteiger partial charge in [0, 0.05) is 43.1 Å². The summed E-state index contributed by atoms with van der Waals surface area (Å²) in [4.78, 5) is 24.1. The van der Waals surface area contributed by atoms with Crippen molar-refractivity contribution in [2.45, 2.75) is 25.8 Å². The van der Waals surface area contributed by atoms with Crippen molar-refractivity contribution in [2.75, 3.05) is 44.2 Å². The second-order valence-corrected chi connectivity index (χ2v) is 8.48. The third kappa shape index (κ3) is 4.62. The van der Waals surface area contributed by atoms with E-state index in [4.69, 9.17) is 16.6 Å². The summed E-state index contributed by atoms with van der Waals surface area (Å²) >= 11 is 7.91. The van der Waals surface area contributed by atoms with Crippen LogP contribution in [0.3, 0.4) is 0 Å². The highest BCUT2D eigenvalue weighted by Gasteiger charge is 2.23. The molecule has 2 aliphatic rings. The molecule has 0 N–H and O–H groups in total. The van der Waals surface area contributed by atoms with E-state index >= 15 is 0 Å². The van der Waals surface area contributed by atoms with Crippen molar-refractivity contribution < 1.29 is 4.79 Å². The van der Waals surface area contributed by atoms with Crippen LogP contribution in [0.1, 0.15) is 24.1 Å². The standard InChI is InChI=1S/C20H25ClN4OS/c21-18-6-2-1-5-16(18)13-19(26)24-9-11-25(12-10-24)20-22-17(15-27-20)14-23-7-3-4-8-23/h1-2,5-6,15H,3-4,7-14H2. The Hall–Kier alpha value is -1.63. The van der Waals surface area contributed by atoms with E-state index in [9.17, 15) is 4.79 Å². The zero-order valence-corrected chi connectivity index (χ0v) is 17.0. The first-order valence-corrected chi connectivity index (χ1v) is 10.9. The summed E-state index contributed by atoms with van der Waals surface area (Å²) in [5.41, 5.74) is 2.08. The minimum Gasteiger partial charge on any atom is -0.345 e. The van der Waals surface area contributed by atoms with Gasteiger partial charge in [0.15, 0.2) is 5.13 Å². The number of rotatable bonds is 5. The Labute approximate surface area is 169 Å². The van der Waals surface area contributed by atoms with Gasteiger partial charge in [-0.3, -0.25) is 9.69 Å². The highest BCUT2D eigenvalue weighted by atomic mass is 35.5. The normalized spacial score (nSPS) is 18.3. The molecule has 7 heteroatoms. The summed E-state index contributed by atoms with van der Waals surface area (Å²) in [6, 6.07) is 7.58. The van der Waals surface area contributed by atoms with Crippen LogP contribution in [-0.4, -0.2) is 60.0 Å². The average molecular weight is 405 g/mol. The minimum atomic E-state index is 0.150. The maximum absolute atomic E-state index is 12.6. The molecule has 0 radical (unpaired) electrons. The van der Waals surface area contributed by atoms with Crippen molar-refractivity contribution >= 4 is 34.0 Å². The number of hydrogen-bond acceptors (Lipinski definition) is 5. The number of anilines is 1. The number of piperazine rings is 1. The predicted molar refractivity (Wildman–Crippen MR) is 111 cm³/mol. The molecule has 2 saturated heterocycles. The van der Waals surface area contributed by atoms with E-state index in [1.165, 1.54) is 31.6 Å². The second-order valence-electron chi connectivity index (χ2n) is 7.24. The van der Waals surface area contributed by atoms with Gasteiger partial charge in [0.25, 0.3) is 0 Å². The van der Waals surface area contributed by atoms with E-state index in [1.807, 2.05) is 29.2 Å². The predicted octanol–water partition coefficient (Wildman–Crippen LogP) is 3.28. The number of thiazole rings is 1. The van der Waals surface area contributed by atoms with Crippen LogP contribution < -0.4 is 4.90 Å². The molecular weight excluding hydrogens is 380 g/mol. The Kier molecular flexibility index (Phi) is 5.95. The van der Waals surface area contributed by atoms with Crippen LogP contribution in [0.25, 0.3) is 0 Å². The molecular formula is C20H25ClN4OS. The van der Waals surface area contributed by atoms with Gasteiger partial charge in [0.05, 0.1) is 12.1 Å². The van der Waals surface area contributed by atoms with Crippen LogP contribution in [0.4, 0.5) is 5.13 Å². The molecule has 0 bridgehead atoms. The fourth-order valence-corrected chi connectivity index (χ4v) is 4.82. The first-order chi connectivity index (χ1) is 13.2. The van der Waals surface area contributed by atoms with Crippen LogP contribution in [0.2, 0.25) is 5.02 Å². The molecule has 0 spiro atoms. The monoisotopic (exact) mass is 404 g/mol. The molecule has 2 aromatic rings. The fourth-order valence-electron chi connectivity index (χ4n) is 3.75. The van der Waals surface area contributed by atoms with Gasteiger partial charge in [-0.2, -0.15) is 0 Å². The van der Waals surface area contributed by atoms with Gasteiger partial charge in [0.1, 0.15) is 0 Å². The molecule has 0 saturated carbocycles. The molecule has 27 heavy (non-hydrogen) atoms. The van der Waals surface area contributed by atoms with Crippen LogP contribution in [0, 0.1) is 0 Å². The molecule has 2 fully saturated rings. The molecule has 0 atom stereocenters. The van der Waals surface area contributed by atoms with Gasteiger partial charge < -0.3 is 9.80 Å². The Balaban J connectivity index is 1.29. The lowest BCUT2D eigenvalue weighted by Gasteiger charge is -2.34. The quantitative estimate of drug-likeness (QED) is 0.766. The van der Waals surface area contributed by atoms with Crippen molar-refractivity contribution in [2.24, 2.45) is 0 Å². The Bertz CT molecular complexity index is 782.